The van der Waals surface area contributed by atoms with E-state index >= 15 is 0 Å². The van der Waals surface area contributed by atoms with Crippen molar-refractivity contribution in [3.8, 4) is 6.07 Å². The average molecular weight is 396 g/mol. The molecule has 148 valence electrons. The van der Waals surface area contributed by atoms with Crippen molar-refractivity contribution in [1.29, 1.82) is 5.26 Å². The summed E-state index contributed by atoms with van der Waals surface area (Å²) in [4.78, 5) is 20.5. The fourth-order valence-electron chi connectivity index (χ4n) is 2.96. The van der Waals surface area contributed by atoms with Crippen LogP contribution in [0, 0.1) is 23.0 Å². The molecule has 1 amide bonds. The van der Waals surface area contributed by atoms with Crippen molar-refractivity contribution in [3.05, 3.63) is 65.6 Å². The van der Waals surface area contributed by atoms with Crippen LogP contribution in [0.2, 0.25) is 0 Å². The topological polar surface area (TPSA) is 94.3 Å². The van der Waals surface area contributed by atoms with Gasteiger partial charge < -0.3 is 5.32 Å². The van der Waals surface area contributed by atoms with E-state index in [9.17, 15) is 13.6 Å². The van der Waals surface area contributed by atoms with E-state index in [-0.39, 0.29) is 11.6 Å². The number of carbonyl (C=O) groups excluding carboxylic acids is 1. The number of hydrogen-bond donors (Lipinski definition) is 1. The molecule has 3 rings (SSSR count). The molecule has 0 bridgehead atoms. The molecular weight excluding hydrogens is 378 g/mol. The van der Waals surface area contributed by atoms with Gasteiger partial charge in [-0.15, -0.1) is 0 Å². The number of halogens is 2. The Bertz CT molecular complexity index is 980. The molecule has 0 aliphatic carbocycles. The van der Waals surface area contributed by atoms with Gasteiger partial charge in [0.05, 0.1) is 6.04 Å². The van der Waals surface area contributed by atoms with Crippen LogP contribution in [0.3, 0.4) is 0 Å². The highest BCUT2D eigenvalue weighted by atomic mass is 19.1. The van der Waals surface area contributed by atoms with Crippen molar-refractivity contribution in [3.63, 3.8) is 0 Å². The van der Waals surface area contributed by atoms with Crippen LogP contribution in [0.15, 0.2) is 47.8 Å². The van der Waals surface area contributed by atoms with Crippen molar-refractivity contribution in [2.75, 3.05) is 11.9 Å². The molecule has 29 heavy (non-hydrogen) atoms. The second-order valence-electron chi connectivity index (χ2n) is 6.44. The number of nitrogens with zero attached hydrogens (tertiary/aromatic N) is 5. The minimum atomic E-state index is -0.700. The normalized spacial score (nSPS) is 15.2. The van der Waals surface area contributed by atoms with Gasteiger partial charge in [-0.3, -0.25) is 4.79 Å². The monoisotopic (exact) mass is 396 g/mol. The minimum Gasteiger partial charge on any atom is -0.370 e. The lowest BCUT2D eigenvalue weighted by Crippen LogP contribution is -2.28. The molecule has 1 aliphatic heterocycles. The van der Waals surface area contributed by atoms with Gasteiger partial charge in [0.2, 0.25) is 0 Å². The summed E-state index contributed by atoms with van der Waals surface area (Å²) in [7, 11) is 0. The molecule has 1 atom stereocenters. The zero-order valence-corrected chi connectivity index (χ0v) is 15.5. The lowest BCUT2D eigenvalue weighted by atomic mass is 10.0. The summed E-state index contributed by atoms with van der Waals surface area (Å²) < 4.78 is 27.1. The van der Waals surface area contributed by atoms with E-state index in [1.165, 1.54) is 29.5 Å². The Labute approximate surface area is 166 Å². The molecule has 0 spiro atoms. The fraction of sp³-hybridized carbons (Fsp3) is 0.250. The van der Waals surface area contributed by atoms with E-state index in [2.05, 4.69) is 27.0 Å². The first-order chi connectivity index (χ1) is 14.0. The van der Waals surface area contributed by atoms with Gasteiger partial charge >= 0.3 is 0 Å². The number of hydrogen-bond acceptors (Lipinski definition) is 6. The molecule has 2 heterocycles. The molecule has 0 radical (unpaired) electrons. The summed E-state index contributed by atoms with van der Waals surface area (Å²) in [5.74, 6) is -1.27. The maximum atomic E-state index is 13.5. The molecule has 1 N–H and O–H groups in total. The number of anilines is 1. The van der Waals surface area contributed by atoms with Crippen LogP contribution in [0.5, 0.6) is 0 Å². The van der Waals surface area contributed by atoms with E-state index in [4.69, 9.17) is 5.26 Å². The standard InChI is InChI=1S/C20H18F2N6O/c1-13(3-2-5-24-19-10-17(11-23)25-12-26-19)20(29)28-18(4-6-27-28)14-7-15(21)9-16(22)8-14/h6-10,12,18H,1-5H2,(H,24,25,26). The van der Waals surface area contributed by atoms with Crippen molar-refractivity contribution >= 4 is 17.9 Å². The molecule has 1 aliphatic rings. The van der Waals surface area contributed by atoms with Gasteiger partial charge in [0.15, 0.2) is 0 Å². The second kappa shape index (κ2) is 9.01. The SMILES string of the molecule is C=C(CCCNc1cc(C#N)ncn1)C(=O)N1N=CCC1c1cc(F)cc(F)c1. The third-order valence-corrected chi connectivity index (χ3v) is 4.35. The summed E-state index contributed by atoms with van der Waals surface area (Å²) in [5.41, 5.74) is 0.946. The highest BCUT2D eigenvalue weighted by Gasteiger charge is 2.30. The summed E-state index contributed by atoms with van der Waals surface area (Å²) in [6, 6.07) is 6.09. The minimum absolute atomic E-state index is 0.258. The molecule has 0 fully saturated rings. The van der Waals surface area contributed by atoms with Gasteiger partial charge in [0, 0.05) is 36.9 Å². The highest BCUT2D eigenvalue weighted by Crippen LogP contribution is 2.30. The van der Waals surface area contributed by atoms with Gasteiger partial charge in [-0.1, -0.05) is 6.58 Å². The van der Waals surface area contributed by atoms with E-state index < -0.39 is 17.7 Å². The first kappa shape index (κ1) is 20.1. The number of aromatic nitrogens is 2. The Morgan fingerprint density at radius 2 is 2.03 bits per heavy atom. The number of carbonyl (C=O) groups is 1. The van der Waals surface area contributed by atoms with Gasteiger partial charge in [0.25, 0.3) is 5.91 Å². The predicted molar refractivity (Wildman–Crippen MR) is 103 cm³/mol. The Kier molecular flexibility index (Phi) is 6.24. The zero-order chi connectivity index (χ0) is 20.8. The number of benzene rings is 1. The molecule has 7 nitrogen and oxygen atoms in total. The van der Waals surface area contributed by atoms with Crippen LogP contribution < -0.4 is 5.32 Å². The first-order valence-corrected chi connectivity index (χ1v) is 8.93. The van der Waals surface area contributed by atoms with E-state index in [1.807, 2.05) is 6.07 Å². The second-order valence-corrected chi connectivity index (χ2v) is 6.44. The van der Waals surface area contributed by atoms with Crippen LogP contribution in [0.4, 0.5) is 14.6 Å². The van der Waals surface area contributed by atoms with Gasteiger partial charge in [-0.2, -0.15) is 10.4 Å². The Balaban J connectivity index is 1.54. The number of rotatable bonds is 7. The summed E-state index contributed by atoms with van der Waals surface area (Å²) in [6.07, 6.45) is 4.20. The molecule has 1 aromatic heterocycles. The van der Waals surface area contributed by atoms with Crippen molar-refractivity contribution in [2.45, 2.75) is 25.3 Å². The lowest BCUT2D eigenvalue weighted by Gasteiger charge is -2.23. The smallest absolute Gasteiger partial charge is 0.269 e. The largest absolute Gasteiger partial charge is 0.370 e. The van der Waals surface area contributed by atoms with Gasteiger partial charge in [-0.25, -0.2) is 23.8 Å². The van der Waals surface area contributed by atoms with Crippen LogP contribution >= 0.6 is 0 Å². The molecule has 2 aromatic rings. The van der Waals surface area contributed by atoms with Crippen LogP contribution in [0.25, 0.3) is 0 Å². The van der Waals surface area contributed by atoms with E-state index in [0.29, 0.717) is 42.8 Å². The van der Waals surface area contributed by atoms with Crippen LogP contribution in [-0.4, -0.2) is 33.6 Å². The van der Waals surface area contributed by atoms with Crippen molar-refractivity contribution in [1.82, 2.24) is 15.0 Å². The van der Waals surface area contributed by atoms with Gasteiger partial charge in [0.1, 0.15) is 35.5 Å². The number of amides is 1. The maximum Gasteiger partial charge on any atom is 0.269 e. The molecular formula is C20H18F2N6O. The lowest BCUT2D eigenvalue weighted by molar-refractivity contribution is -0.129. The summed E-state index contributed by atoms with van der Waals surface area (Å²) in [5, 5.41) is 17.2. The predicted octanol–water partition coefficient (Wildman–Crippen LogP) is 3.33. The average Bonchev–Trinajstić information content (AvgIpc) is 3.20. The maximum absolute atomic E-state index is 13.5. The van der Waals surface area contributed by atoms with Crippen molar-refractivity contribution < 1.29 is 13.6 Å². The third-order valence-electron chi connectivity index (χ3n) is 4.35. The first-order valence-electron chi connectivity index (χ1n) is 8.93. The Hall–Kier alpha value is -3.67. The zero-order valence-electron chi connectivity index (χ0n) is 15.5. The van der Waals surface area contributed by atoms with Gasteiger partial charge in [-0.05, 0) is 30.5 Å². The molecule has 0 saturated heterocycles. The number of hydrazone groups is 1. The molecule has 1 unspecified atom stereocenters. The third kappa shape index (κ3) is 4.99. The number of nitriles is 1. The molecule has 0 saturated carbocycles. The fourth-order valence-corrected chi connectivity index (χ4v) is 2.96. The van der Waals surface area contributed by atoms with E-state index in [1.54, 1.807) is 6.21 Å². The quantitative estimate of drug-likeness (QED) is 0.572. The van der Waals surface area contributed by atoms with Crippen LogP contribution in [-0.2, 0) is 4.79 Å². The van der Waals surface area contributed by atoms with E-state index in [0.717, 1.165) is 6.07 Å². The number of nitrogens with one attached hydrogen (secondary N) is 1. The molecule has 1 aromatic carbocycles. The summed E-state index contributed by atoms with van der Waals surface area (Å²) >= 11 is 0. The Morgan fingerprint density at radius 1 is 1.28 bits per heavy atom. The van der Waals surface area contributed by atoms with Crippen LogP contribution in [0.1, 0.15) is 36.6 Å². The molecule has 9 heteroatoms. The Morgan fingerprint density at radius 3 is 2.76 bits per heavy atom. The summed E-state index contributed by atoms with van der Waals surface area (Å²) in [6.45, 7) is 4.33. The van der Waals surface area contributed by atoms with Crippen molar-refractivity contribution in [2.24, 2.45) is 5.10 Å². The highest BCUT2D eigenvalue weighted by molar-refractivity contribution is 5.94.